The van der Waals surface area contributed by atoms with Gasteiger partial charge in [0, 0.05) is 19.8 Å². The number of carboxylic acids is 1. The van der Waals surface area contributed by atoms with Crippen molar-refractivity contribution in [3.8, 4) is 0 Å². The highest BCUT2D eigenvalue weighted by Crippen LogP contribution is 2.51. The predicted molar refractivity (Wildman–Crippen MR) is 59.3 cm³/mol. The van der Waals surface area contributed by atoms with Gasteiger partial charge in [0.05, 0.1) is 5.41 Å². The Morgan fingerprint density at radius 2 is 2.06 bits per heavy atom. The number of aliphatic carboxylic acids is 1. The summed E-state index contributed by atoms with van der Waals surface area (Å²) in [5.74, 6) is -1.16. The molecule has 16 heavy (non-hydrogen) atoms. The predicted octanol–water partition coefficient (Wildman–Crippen LogP) is 2.01. The Balaban J connectivity index is 2.53. The molecule has 0 bridgehead atoms. The minimum absolute atomic E-state index is 0.339. The van der Waals surface area contributed by atoms with Gasteiger partial charge in [0.25, 0.3) is 0 Å². The molecular weight excluding hydrogens is 209 g/mol. The van der Waals surface area contributed by atoms with Crippen molar-refractivity contribution in [2.75, 3.05) is 19.0 Å². The van der Waals surface area contributed by atoms with Crippen molar-refractivity contribution in [3.63, 3.8) is 0 Å². The molecule has 1 fully saturated rings. The monoisotopic (exact) mass is 223 g/mol. The number of carbonyl (C=O) groups is 1. The van der Waals surface area contributed by atoms with Crippen molar-refractivity contribution in [1.82, 2.24) is 0 Å². The van der Waals surface area contributed by atoms with Crippen LogP contribution in [0.4, 0.5) is 10.1 Å². The highest BCUT2D eigenvalue weighted by Gasteiger charge is 2.53. The first-order valence-electron chi connectivity index (χ1n) is 5.18. The van der Waals surface area contributed by atoms with Crippen LogP contribution >= 0.6 is 0 Å². The molecule has 0 unspecified atom stereocenters. The molecule has 0 atom stereocenters. The number of carboxylic acid groups (broad SMARTS) is 1. The summed E-state index contributed by atoms with van der Waals surface area (Å²) in [6.45, 7) is 0. The van der Waals surface area contributed by atoms with E-state index in [-0.39, 0.29) is 5.82 Å². The van der Waals surface area contributed by atoms with Crippen molar-refractivity contribution >= 4 is 11.7 Å². The lowest BCUT2D eigenvalue weighted by atomic mass is 9.94. The highest BCUT2D eigenvalue weighted by molar-refractivity contribution is 5.87. The Bertz CT molecular complexity index is 439. The molecule has 1 N–H and O–H groups in total. The summed E-state index contributed by atoms with van der Waals surface area (Å²) in [5, 5.41) is 9.22. The number of halogens is 1. The summed E-state index contributed by atoms with van der Waals surface area (Å²) in [6, 6.07) is 4.30. The smallest absolute Gasteiger partial charge is 0.314 e. The largest absolute Gasteiger partial charge is 0.481 e. The zero-order valence-electron chi connectivity index (χ0n) is 9.33. The average molecular weight is 223 g/mol. The molecule has 1 aliphatic rings. The molecule has 1 aromatic carbocycles. The maximum atomic E-state index is 13.1. The third kappa shape index (κ3) is 1.54. The van der Waals surface area contributed by atoms with Crippen LogP contribution in [0.5, 0.6) is 0 Å². The van der Waals surface area contributed by atoms with E-state index in [0.29, 0.717) is 24.1 Å². The van der Waals surface area contributed by atoms with Crippen LogP contribution < -0.4 is 4.90 Å². The van der Waals surface area contributed by atoms with Crippen LogP contribution in [-0.2, 0) is 10.2 Å². The van der Waals surface area contributed by atoms with Crippen LogP contribution in [0.2, 0.25) is 0 Å². The van der Waals surface area contributed by atoms with Gasteiger partial charge in [0.1, 0.15) is 5.82 Å². The summed E-state index contributed by atoms with van der Waals surface area (Å²) in [6.07, 6.45) is 1.27. The van der Waals surface area contributed by atoms with E-state index in [0.717, 1.165) is 0 Å². The molecule has 4 heteroatoms. The van der Waals surface area contributed by atoms with E-state index in [2.05, 4.69) is 0 Å². The molecule has 0 aromatic heterocycles. The number of rotatable bonds is 3. The van der Waals surface area contributed by atoms with Gasteiger partial charge in [-0.2, -0.15) is 0 Å². The normalized spacial score (nSPS) is 16.9. The van der Waals surface area contributed by atoms with Crippen LogP contribution in [-0.4, -0.2) is 25.2 Å². The first-order chi connectivity index (χ1) is 7.47. The first kappa shape index (κ1) is 10.9. The third-order valence-corrected chi connectivity index (χ3v) is 3.12. The minimum atomic E-state index is -0.817. The van der Waals surface area contributed by atoms with Crippen molar-refractivity contribution in [2.24, 2.45) is 0 Å². The summed E-state index contributed by atoms with van der Waals surface area (Å²) >= 11 is 0. The van der Waals surface area contributed by atoms with E-state index in [4.69, 9.17) is 0 Å². The van der Waals surface area contributed by atoms with Crippen molar-refractivity contribution in [2.45, 2.75) is 18.3 Å². The molecule has 1 aromatic rings. The molecule has 86 valence electrons. The number of hydrogen-bond donors (Lipinski definition) is 1. The van der Waals surface area contributed by atoms with Crippen molar-refractivity contribution in [1.29, 1.82) is 0 Å². The van der Waals surface area contributed by atoms with E-state index in [1.807, 2.05) is 0 Å². The first-order valence-corrected chi connectivity index (χ1v) is 5.18. The fourth-order valence-electron chi connectivity index (χ4n) is 2.00. The fourth-order valence-corrected chi connectivity index (χ4v) is 2.00. The van der Waals surface area contributed by atoms with E-state index < -0.39 is 11.4 Å². The highest BCUT2D eigenvalue weighted by atomic mass is 19.1. The van der Waals surface area contributed by atoms with Crippen LogP contribution in [0.1, 0.15) is 18.4 Å². The Morgan fingerprint density at radius 3 is 2.50 bits per heavy atom. The van der Waals surface area contributed by atoms with Gasteiger partial charge in [-0.1, -0.05) is 6.07 Å². The average Bonchev–Trinajstić information content (AvgIpc) is 2.98. The van der Waals surface area contributed by atoms with Gasteiger partial charge in [-0.15, -0.1) is 0 Å². The van der Waals surface area contributed by atoms with E-state index in [1.54, 1.807) is 25.1 Å². The van der Waals surface area contributed by atoms with Gasteiger partial charge in [-0.3, -0.25) is 4.79 Å². The Hall–Kier alpha value is -1.58. The Labute approximate surface area is 93.5 Å². The number of hydrogen-bond acceptors (Lipinski definition) is 2. The molecule has 0 heterocycles. The van der Waals surface area contributed by atoms with Gasteiger partial charge >= 0.3 is 5.97 Å². The fraction of sp³-hybridized carbons (Fsp3) is 0.417. The summed E-state index contributed by atoms with van der Waals surface area (Å²) in [7, 11) is 3.58. The van der Waals surface area contributed by atoms with Gasteiger partial charge < -0.3 is 10.0 Å². The quantitative estimate of drug-likeness (QED) is 0.852. The molecule has 0 spiro atoms. The maximum Gasteiger partial charge on any atom is 0.314 e. The molecule has 0 radical (unpaired) electrons. The van der Waals surface area contributed by atoms with Gasteiger partial charge in [0.15, 0.2) is 0 Å². The maximum absolute atomic E-state index is 13.1. The summed E-state index contributed by atoms with van der Waals surface area (Å²) in [5.41, 5.74) is 0.583. The number of benzene rings is 1. The van der Waals surface area contributed by atoms with E-state index in [9.17, 15) is 14.3 Å². The second-order valence-electron chi connectivity index (χ2n) is 4.44. The van der Waals surface area contributed by atoms with Gasteiger partial charge in [0.2, 0.25) is 0 Å². The summed E-state index contributed by atoms with van der Waals surface area (Å²) in [4.78, 5) is 13.0. The number of nitrogens with zero attached hydrogens (tertiary/aromatic N) is 1. The lowest BCUT2D eigenvalue weighted by Crippen LogP contribution is -2.23. The molecule has 0 aliphatic heterocycles. The van der Waals surface area contributed by atoms with Crippen LogP contribution in [0.15, 0.2) is 18.2 Å². The minimum Gasteiger partial charge on any atom is -0.481 e. The molecular formula is C12H14FNO2. The molecule has 0 amide bonds. The zero-order chi connectivity index (χ0) is 11.9. The summed E-state index contributed by atoms with van der Waals surface area (Å²) < 4.78 is 13.1. The van der Waals surface area contributed by atoms with E-state index in [1.165, 1.54) is 12.1 Å². The second-order valence-corrected chi connectivity index (χ2v) is 4.44. The SMILES string of the molecule is CN(C)c1cc(F)ccc1C1(C(=O)O)CC1. The topological polar surface area (TPSA) is 40.5 Å². The number of anilines is 1. The van der Waals surface area contributed by atoms with Gasteiger partial charge in [-0.25, -0.2) is 4.39 Å². The van der Waals surface area contributed by atoms with Crippen LogP contribution in [0, 0.1) is 5.82 Å². The molecule has 0 saturated heterocycles. The third-order valence-electron chi connectivity index (χ3n) is 3.12. The van der Waals surface area contributed by atoms with Crippen LogP contribution in [0.3, 0.4) is 0 Å². The lowest BCUT2D eigenvalue weighted by molar-refractivity contribution is -0.140. The molecule has 2 rings (SSSR count). The second kappa shape index (κ2) is 3.47. The lowest BCUT2D eigenvalue weighted by Gasteiger charge is -2.21. The van der Waals surface area contributed by atoms with Gasteiger partial charge in [-0.05, 0) is 30.5 Å². The standard InChI is InChI=1S/C12H14FNO2/c1-14(2)10-7-8(13)3-4-9(10)12(5-6-12)11(15)16/h3-4,7H,5-6H2,1-2H3,(H,15,16). The van der Waals surface area contributed by atoms with Crippen molar-refractivity contribution in [3.05, 3.63) is 29.6 Å². The Morgan fingerprint density at radius 1 is 1.44 bits per heavy atom. The molecule has 1 aliphatic carbocycles. The zero-order valence-corrected chi connectivity index (χ0v) is 9.33. The van der Waals surface area contributed by atoms with E-state index >= 15 is 0 Å². The Kier molecular flexibility index (Phi) is 2.37. The van der Waals surface area contributed by atoms with Crippen LogP contribution in [0.25, 0.3) is 0 Å². The van der Waals surface area contributed by atoms with Crippen molar-refractivity contribution < 1.29 is 14.3 Å². The molecule has 3 nitrogen and oxygen atoms in total. The molecule has 1 saturated carbocycles.